The van der Waals surface area contributed by atoms with Crippen molar-refractivity contribution in [2.24, 2.45) is 0 Å². The quantitative estimate of drug-likeness (QED) is 0.855. The second-order valence-corrected chi connectivity index (χ2v) is 5.35. The molecule has 0 N–H and O–H groups in total. The molecule has 0 amide bonds. The molecule has 0 bridgehead atoms. The molecule has 0 saturated heterocycles. The molecule has 0 saturated carbocycles. The Morgan fingerprint density at radius 2 is 1.50 bits per heavy atom. The van der Waals surface area contributed by atoms with Crippen LogP contribution >= 0.6 is 0 Å². The van der Waals surface area contributed by atoms with Crippen LogP contribution in [-0.2, 0) is 0 Å². The van der Waals surface area contributed by atoms with Crippen LogP contribution < -0.4 is 11.1 Å². The first kappa shape index (κ1) is 17.8. The second kappa shape index (κ2) is 7.68. The average Bonchev–Trinajstić information content (AvgIpc) is 2.41. The van der Waals surface area contributed by atoms with Crippen LogP contribution in [0.5, 0.6) is 0 Å². The molecule has 0 aliphatic carbocycles. The number of pyridine rings is 2. The normalized spacial score (nSPS) is 10.5. The molecule has 2 heterocycles. The Morgan fingerprint density at radius 3 is 1.95 bits per heavy atom. The van der Waals surface area contributed by atoms with Gasteiger partial charge in [0, 0.05) is 30.5 Å². The van der Waals surface area contributed by atoms with Gasteiger partial charge in [0.15, 0.2) is 5.82 Å². The van der Waals surface area contributed by atoms with E-state index in [1.165, 1.54) is 33.5 Å². The minimum Gasteiger partial charge on any atom is -0.313 e. The Labute approximate surface area is 127 Å². The molecule has 2 aromatic rings. The fraction of sp³-hybridized carbons (Fsp3) is 0.375. The Bertz CT molecular complexity index is 733. The van der Waals surface area contributed by atoms with Crippen molar-refractivity contribution >= 4 is 0 Å². The summed E-state index contributed by atoms with van der Waals surface area (Å²) in [5, 5.41) is 0. The fourth-order valence-electron chi connectivity index (χ4n) is 1.78. The highest BCUT2D eigenvalue weighted by Gasteiger charge is 2.03. The van der Waals surface area contributed by atoms with E-state index in [-0.39, 0.29) is 17.6 Å². The summed E-state index contributed by atoms with van der Waals surface area (Å²) in [5.41, 5.74) is -0.845. The Morgan fingerprint density at radius 1 is 0.909 bits per heavy atom. The molecule has 4 nitrogen and oxygen atoms in total. The van der Waals surface area contributed by atoms with Crippen molar-refractivity contribution < 1.29 is 8.78 Å². The maximum atomic E-state index is 12.6. The van der Waals surface area contributed by atoms with E-state index >= 15 is 0 Å². The van der Waals surface area contributed by atoms with Crippen LogP contribution in [0.15, 0.2) is 46.2 Å². The molecule has 2 aromatic heterocycles. The molecule has 0 fully saturated rings. The van der Waals surface area contributed by atoms with E-state index in [4.69, 9.17) is 0 Å². The summed E-state index contributed by atoms with van der Waals surface area (Å²) in [6.45, 7) is 7.42. The van der Waals surface area contributed by atoms with Gasteiger partial charge in [-0.05, 0) is 45.9 Å². The minimum absolute atomic E-state index is 0.0122. The molecule has 0 spiro atoms. The minimum atomic E-state index is -0.693. The molecule has 6 heteroatoms. The Hall–Kier alpha value is -2.24. The summed E-state index contributed by atoms with van der Waals surface area (Å²) < 4.78 is 27.8. The maximum absolute atomic E-state index is 12.6. The highest BCUT2D eigenvalue weighted by Crippen LogP contribution is 2.00. The molecular weight excluding hydrogens is 290 g/mol. The van der Waals surface area contributed by atoms with E-state index in [0.29, 0.717) is 0 Å². The van der Waals surface area contributed by atoms with E-state index < -0.39 is 17.2 Å². The molecule has 0 unspecified atom stereocenters. The zero-order chi connectivity index (χ0) is 16.9. The van der Waals surface area contributed by atoms with Crippen molar-refractivity contribution in [1.29, 1.82) is 0 Å². The topological polar surface area (TPSA) is 44.0 Å². The van der Waals surface area contributed by atoms with Gasteiger partial charge in [-0.2, -0.15) is 0 Å². The van der Waals surface area contributed by atoms with Gasteiger partial charge in [-0.25, -0.2) is 8.78 Å². The van der Waals surface area contributed by atoms with E-state index in [1.54, 1.807) is 6.20 Å². The summed E-state index contributed by atoms with van der Waals surface area (Å²) in [6.07, 6.45) is 3.04. The van der Waals surface area contributed by atoms with Crippen LogP contribution in [0.2, 0.25) is 0 Å². The van der Waals surface area contributed by atoms with Crippen molar-refractivity contribution in [3.05, 3.63) is 69.0 Å². The van der Waals surface area contributed by atoms with Gasteiger partial charge in [0.2, 0.25) is 0 Å². The molecule has 0 atom stereocenters. The van der Waals surface area contributed by atoms with Crippen LogP contribution in [0.25, 0.3) is 0 Å². The number of rotatable bonds is 2. The number of hydrogen-bond donors (Lipinski definition) is 0. The Kier molecular flexibility index (Phi) is 6.22. The van der Waals surface area contributed by atoms with Crippen molar-refractivity contribution in [1.82, 2.24) is 9.13 Å². The largest absolute Gasteiger partial charge is 0.313 e. The van der Waals surface area contributed by atoms with Crippen LogP contribution in [-0.4, -0.2) is 9.13 Å². The summed E-state index contributed by atoms with van der Waals surface area (Å²) in [7, 11) is 0. The van der Waals surface area contributed by atoms with Crippen LogP contribution in [0.4, 0.5) is 8.78 Å². The SMILES string of the molecule is CC(C)n1ccc(F)cc1=O.CC(C)n1cccc(F)c1=O. The summed E-state index contributed by atoms with van der Waals surface area (Å²) in [6, 6.07) is 5.06. The summed E-state index contributed by atoms with van der Waals surface area (Å²) in [4.78, 5) is 22.0. The van der Waals surface area contributed by atoms with E-state index in [1.807, 2.05) is 27.7 Å². The molecule has 120 valence electrons. The molecular formula is C16H20F2N2O2. The third-order valence-corrected chi connectivity index (χ3v) is 2.95. The van der Waals surface area contributed by atoms with E-state index in [0.717, 1.165) is 6.07 Å². The number of nitrogens with zero attached hydrogens (tertiary/aromatic N) is 2. The smallest absolute Gasteiger partial charge is 0.286 e. The van der Waals surface area contributed by atoms with Gasteiger partial charge in [0.05, 0.1) is 0 Å². The first-order chi connectivity index (χ1) is 10.2. The molecule has 0 aliphatic rings. The molecule has 22 heavy (non-hydrogen) atoms. The predicted octanol–water partition coefficient (Wildman–Crippen LogP) is 3.14. The van der Waals surface area contributed by atoms with Crippen molar-refractivity contribution in [2.75, 3.05) is 0 Å². The third-order valence-electron chi connectivity index (χ3n) is 2.95. The third kappa shape index (κ3) is 4.65. The van der Waals surface area contributed by atoms with Crippen molar-refractivity contribution in [2.45, 2.75) is 39.8 Å². The molecule has 0 aliphatic heterocycles. The van der Waals surface area contributed by atoms with E-state index in [2.05, 4.69) is 0 Å². The summed E-state index contributed by atoms with van der Waals surface area (Å²) >= 11 is 0. The second-order valence-electron chi connectivity index (χ2n) is 5.35. The lowest BCUT2D eigenvalue weighted by Crippen LogP contribution is -2.23. The van der Waals surface area contributed by atoms with Gasteiger partial charge >= 0.3 is 0 Å². The first-order valence-electron chi connectivity index (χ1n) is 6.98. The van der Waals surface area contributed by atoms with Gasteiger partial charge in [-0.1, -0.05) is 0 Å². The fourth-order valence-corrected chi connectivity index (χ4v) is 1.78. The van der Waals surface area contributed by atoms with Gasteiger partial charge in [0.1, 0.15) is 5.82 Å². The lowest BCUT2D eigenvalue weighted by molar-refractivity contribution is 0.526. The van der Waals surface area contributed by atoms with Crippen LogP contribution in [0, 0.1) is 11.6 Å². The van der Waals surface area contributed by atoms with Gasteiger partial charge < -0.3 is 9.13 Å². The standard InChI is InChI=1S/2C8H10FNO/c1-6(2)10-4-3-7(9)5-8(10)11;1-6(2)10-5-3-4-7(9)8(10)11/h2*3-6H,1-2H3. The lowest BCUT2D eigenvalue weighted by Gasteiger charge is -2.07. The number of halogens is 2. The van der Waals surface area contributed by atoms with E-state index in [9.17, 15) is 18.4 Å². The van der Waals surface area contributed by atoms with Crippen molar-refractivity contribution in [3.63, 3.8) is 0 Å². The van der Waals surface area contributed by atoms with Gasteiger partial charge in [-0.3, -0.25) is 9.59 Å². The zero-order valence-corrected chi connectivity index (χ0v) is 13.1. The number of aromatic nitrogens is 2. The average molecular weight is 310 g/mol. The lowest BCUT2D eigenvalue weighted by atomic mass is 10.3. The monoisotopic (exact) mass is 310 g/mol. The zero-order valence-electron chi connectivity index (χ0n) is 13.1. The van der Waals surface area contributed by atoms with Gasteiger partial charge in [0.25, 0.3) is 11.1 Å². The molecule has 0 aromatic carbocycles. The summed E-state index contributed by atoms with van der Waals surface area (Å²) in [5.74, 6) is -1.17. The maximum Gasteiger partial charge on any atom is 0.286 e. The first-order valence-corrected chi connectivity index (χ1v) is 6.98. The van der Waals surface area contributed by atoms with Crippen molar-refractivity contribution in [3.8, 4) is 0 Å². The van der Waals surface area contributed by atoms with Crippen LogP contribution in [0.3, 0.4) is 0 Å². The molecule has 0 radical (unpaired) electrons. The highest BCUT2D eigenvalue weighted by atomic mass is 19.1. The highest BCUT2D eigenvalue weighted by molar-refractivity contribution is 4.98. The predicted molar refractivity (Wildman–Crippen MR) is 82.1 cm³/mol. The number of hydrogen-bond acceptors (Lipinski definition) is 2. The molecule has 2 rings (SSSR count). The van der Waals surface area contributed by atoms with Gasteiger partial charge in [-0.15, -0.1) is 0 Å². The Balaban J connectivity index is 0.000000220. The van der Waals surface area contributed by atoms with Crippen LogP contribution in [0.1, 0.15) is 39.8 Å².